The highest BCUT2D eigenvalue weighted by Gasteiger charge is 2.14. The normalized spacial score (nSPS) is 11.6. The van der Waals surface area contributed by atoms with Gasteiger partial charge in [-0.25, -0.2) is 9.67 Å². The summed E-state index contributed by atoms with van der Waals surface area (Å²) in [4.78, 5) is 21.0. The van der Waals surface area contributed by atoms with Gasteiger partial charge in [0.25, 0.3) is 5.56 Å². The lowest BCUT2D eigenvalue weighted by atomic mass is 10.1. The number of fused-ring (bicyclic) bond motifs is 1. The van der Waals surface area contributed by atoms with E-state index in [1.54, 1.807) is 4.68 Å². The molecule has 4 aromatic rings. The molecule has 0 amide bonds. The zero-order chi connectivity index (χ0) is 19.7. The number of benzene rings is 1. The molecule has 144 valence electrons. The van der Waals surface area contributed by atoms with Crippen LogP contribution in [0.4, 0.5) is 0 Å². The Balaban J connectivity index is 1.60. The average Bonchev–Trinajstić information content (AvgIpc) is 3.27. The van der Waals surface area contributed by atoms with Crippen LogP contribution in [-0.2, 0) is 12.3 Å². The van der Waals surface area contributed by atoms with Gasteiger partial charge >= 0.3 is 0 Å². The molecule has 0 saturated carbocycles. The highest BCUT2D eigenvalue weighted by Crippen LogP contribution is 2.31. The maximum absolute atomic E-state index is 12.7. The zero-order valence-corrected chi connectivity index (χ0v) is 18.4. The number of aromatic amines is 1. The molecule has 1 N–H and O–H groups in total. The van der Waals surface area contributed by atoms with E-state index < -0.39 is 0 Å². The first-order valence-corrected chi connectivity index (χ1v) is 11.3. The molecular formula is C18H17BrN6OS2. The SMILES string of the molecule is CC(C)Cn1nnnc1SCc1nc2scc(-c3ccc(Br)cc3)c2c(=O)[nH]1. The first-order valence-electron chi connectivity index (χ1n) is 8.66. The van der Waals surface area contributed by atoms with Crippen molar-refractivity contribution in [1.29, 1.82) is 0 Å². The monoisotopic (exact) mass is 476 g/mol. The van der Waals surface area contributed by atoms with Gasteiger partial charge < -0.3 is 4.98 Å². The molecular weight excluding hydrogens is 460 g/mol. The van der Waals surface area contributed by atoms with Crippen LogP contribution in [0.5, 0.6) is 0 Å². The predicted octanol–water partition coefficient (Wildman–Crippen LogP) is 4.35. The number of rotatable bonds is 6. The first-order chi connectivity index (χ1) is 13.5. The minimum atomic E-state index is -0.124. The maximum Gasteiger partial charge on any atom is 0.260 e. The Morgan fingerprint density at radius 3 is 2.82 bits per heavy atom. The minimum Gasteiger partial charge on any atom is -0.309 e. The van der Waals surface area contributed by atoms with Gasteiger partial charge in [0, 0.05) is 22.0 Å². The fourth-order valence-electron chi connectivity index (χ4n) is 2.80. The lowest BCUT2D eigenvalue weighted by Gasteiger charge is -2.06. The third kappa shape index (κ3) is 4.03. The second kappa shape index (κ2) is 8.14. The van der Waals surface area contributed by atoms with Crippen LogP contribution in [0.3, 0.4) is 0 Å². The Bertz CT molecular complexity index is 1170. The number of nitrogens with one attached hydrogen (secondary N) is 1. The molecule has 4 rings (SSSR count). The van der Waals surface area contributed by atoms with Crippen molar-refractivity contribution in [2.75, 3.05) is 0 Å². The van der Waals surface area contributed by atoms with Crippen LogP contribution in [0.2, 0.25) is 0 Å². The molecule has 0 atom stereocenters. The summed E-state index contributed by atoms with van der Waals surface area (Å²) in [5.41, 5.74) is 1.78. The van der Waals surface area contributed by atoms with Gasteiger partial charge in [0.05, 0.1) is 11.1 Å². The summed E-state index contributed by atoms with van der Waals surface area (Å²) >= 11 is 6.38. The molecule has 0 aliphatic rings. The highest BCUT2D eigenvalue weighted by atomic mass is 79.9. The molecule has 0 unspecified atom stereocenters. The van der Waals surface area contributed by atoms with E-state index >= 15 is 0 Å². The van der Waals surface area contributed by atoms with E-state index in [0.717, 1.165) is 32.1 Å². The van der Waals surface area contributed by atoms with Crippen molar-refractivity contribution in [3.05, 3.63) is 50.3 Å². The second-order valence-electron chi connectivity index (χ2n) is 6.68. The van der Waals surface area contributed by atoms with Crippen LogP contribution in [0, 0.1) is 5.92 Å². The molecule has 0 saturated heterocycles. The van der Waals surface area contributed by atoms with Crippen molar-refractivity contribution >= 4 is 49.2 Å². The van der Waals surface area contributed by atoms with Gasteiger partial charge in [-0.3, -0.25) is 4.79 Å². The number of halogens is 1. The Morgan fingerprint density at radius 2 is 2.07 bits per heavy atom. The third-order valence-corrected chi connectivity index (χ3v) is 6.39. The molecule has 10 heteroatoms. The van der Waals surface area contributed by atoms with Gasteiger partial charge in [0.2, 0.25) is 5.16 Å². The van der Waals surface area contributed by atoms with E-state index in [1.807, 2.05) is 29.6 Å². The van der Waals surface area contributed by atoms with Crippen LogP contribution in [0.1, 0.15) is 19.7 Å². The van der Waals surface area contributed by atoms with Crippen molar-refractivity contribution < 1.29 is 0 Å². The van der Waals surface area contributed by atoms with E-state index in [4.69, 9.17) is 0 Å². The smallest absolute Gasteiger partial charge is 0.260 e. The van der Waals surface area contributed by atoms with Crippen molar-refractivity contribution in [2.45, 2.75) is 31.3 Å². The Labute approximate surface area is 177 Å². The summed E-state index contributed by atoms with van der Waals surface area (Å²) in [7, 11) is 0. The van der Waals surface area contributed by atoms with Crippen molar-refractivity contribution in [3.63, 3.8) is 0 Å². The van der Waals surface area contributed by atoms with E-state index in [1.165, 1.54) is 23.1 Å². The number of nitrogens with zero attached hydrogens (tertiary/aromatic N) is 5. The quantitative estimate of drug-likeness (QED) is 0.416. The van der Waals surface area contributed by atoms with Crippen molar-refractivity contribution in [2.24, 2.45) is 5.92 Å². The predicted molar refractivity (Wildman–Crippen MR) is 116 cm³/mol. The standard InChI is InChI=1S/C18H17BrN6OS2/c1-10(2)7-25-18(22-23-24-25)28-9-14-20-16(26)15-13(8-27-17(15)21-14)11-3-5-12(19)6-4-11/h3-6,8,10H,7,9H2,1-2H3,(H,20,21,26). The lowest BCUT2D eigenvalue weighted by Crippen LogP contribution is -2.11. The van der Waals surface area contributed by atoms with Gasteiger partial charge in [0.1, 0.15) is 10.7 Å². The largest absolute Gasteiger partial charge is 0.309 e. The van der Waals surface area contributed by atoms with Gasteiger partial charge in [0.15, 0.2) is 0 Å². The van der Waals surface area contributed by atoms with Crippen LogP contribution >= 0.6 is 39.0 Å². The van der Waals surface area contributed by atoms with Crippen LogP contribution < -0.4 is 5.56 Å². The van der Waals surface area contributed by atoms with Gasteiger partial charge in [-0.1, -0.05) is 53.7 Å². The molecule has 7 nitrogen and oxygen atoms in total. The number of thioether (sulfide) groups is 1. The number of H-pyrrole nitrogens is 1. The molecule has 0 aliphatic carbocycles. The Morgan fingerprint density at radius 1 is 1.29 bits per heavy atom. The topological polar surface area (TPSA) is 89.3 Å². The summed E-state index contributed by atoms with van der Waals surface area (Å²) in [6.45, 7) is 4.98. The number of thiophene rings is 1. The van der Waals surface area contributed by atoms with Crippen LogP contribution in [0.25, 0.3) is 21.3 Å². The third-order valence-electron chi connectivity index (χ3n) is 4.02. The van der Waals surface area contributed by atoms with Gasteiger partial charge in [-0.2, -0.15) is 0 Å². The summed E-state index contributed by atoms with van der Waals surface area (Å²) in [6, 6.07) is 7.91. The van der Waals surface area contributed by atoms with Crippen LogP contribution in [-0.4, -0.2) is 30.2 Å². The average molecular weight is 477 g/mol. The lowest BCUT2D eigenvalue weighted by molar-refractivity contribution is 0.445. The molecule has 3 heterocycles. The minimum absolute atomic E-state index is 0.124. The molecule has 0 radical (unpaired) electrons. The van der Waals surface area contributed by atoms with Crippen molar-refractivity contribution in [1.82, 2.24) is 30.2 Å². The Hall–Kier alpha value is -2.04. The number of tetrazole rings is 1. The fraction of sp³-hybridized carbons (Fsp3) is 0.278. The number of hydrogen-bond acceptors (Lipinski definition) is 7. The zero-order valence-electron chi connectivity index (χ0n) is 15.2. The van der Waals surface area contributed by atoms with Gasteiger partial charge in [-0.15, -0.1) is 16.4 Å². The number of hydrogen-bond donors (Lipinski definition) is 1. The van der Waals surface area contributed by atoms with E-state index in [0.29, 0.717) is 22.9 Å². The molecule has 0 fully saturated rings. The molecule has 28 heavy (non-hydrogen) atoms. The molecule has 1 aromatic carbocycles. The van der Waals surface area contributed by atoms with E-state index in [9.17, 15) is 4.79 Å². The van der Waals surface area contributed by atoms with E-state index in [-0.39, 0.29) is 5.56 Å². The summed E-state index contributed by atoms with van der Waals surface area (Å²) in [5, 5.41) is 15.2. The second-order valence-corrected chi connectivity index (χ2v) is 9.39. The maximum atomic E-state index is 12.7. The summed E-state index contributed by atoms with van der Waals surface area (Å²) in [5.74, 6) is 1.56. The fourth-order valence-corrected chi connectivity index (χ4v) is 4.78. The molecule has 0 aliphatic heterocycles. The molecule has 0 bridgehead atoms. The molecule has 3 aromatic heterocycles. The van der Waals surface area contributed by atoms with Crippen molar-refractivity contribution in [3.8, 4) is 11.1 Å². The van der Waals surface area contributed by atoms with Gasteiger partial charge in [-0.05, 0) is 34.0 Å². The first kappa shape index (κ1) is 19.3. The Kier molecular flexibility index (Phi) is 5.61. The highest BCUT2D eigenvalue weighted by molar-refractivity contribution is 9.10. The van der Waals surface area contributed by atoms with E-state index in [2.05, 4.69) is 55.3 Å². The van der Waals surface area contributed by atoms with Crippen LogP contribution in [0.15, 0.2) is 44.1 Å². The molecule has 0 spiro atoms. The summed E-state index contributed by atoms with van der Waals surface area (Å²) in [6.07, 6.45) is 0. The summed E-state index contributed by atoms with van der Waals surface area (Å²) < 4.78 is 2.78. The number of aromatic nitrogens is 6.